The molecule has 2 aromatic rings. The summed E-state index contributed by atoms with van der Waals surface area (Å²) in [4.78, 5) is 10.2. The Bertz CT molecular complexity index is 971. The van der Waals surface area contributed by atoms with E-state index in [0.717, 1.165) is 12.1 Å². The second-order valence-electron chi connectivity index (χ2n) is 4.46. The van der Waals surface area contributed by atoms with Crippen molar-refractivity contribution in [2.45, 2.75) is 0 Å². The SMILES string of the molecule is N#Cc1c(Cl)c(Cl)c(C#N)c(Nc2c(Cl)cc([N+](=O)[O-])cc2Cl)c1Cl. The van der Waals surface area contributed by atoms with Crippen LogP contribution in [0, 0.1) is 32.8 Å². The van der Waals surface area contributed by atoms with Crippen molar-refractivity contribution >= 4 is 75.1 Å². The third kappa shape index (κ3) is 3.55. The molecule has 0 atom stereocenters. The summed E-state index contributed by atoms with van der Waals surface area (Å²) in [6.07, 6.45) is 0. The van der Waals surface area contributed by atoms with E-state index < -0.39 is 4.92 Å². The molecule has 0 aliphatic rings. The van der Waals surface area contributed by atoms with Gasteiger partial charge in [0, 0.05) is 12.1 Å². The van der Waals surface area contributed by atoms with Crippen molar-refractivity contribution in [2.75, 3.05) is 5.32 Å². The van der Waals surface area contributed by atoms with E-state index in [1.807, 2.05) is 6.07 Å². The maximum atomic E-state index is 10.8. The Hall–Kier alpha value is -1.93. The molecule has 0 saturated heterocycles. The van der Waals surface area contributed by atoms with Crippen LogP contribution in [0.3, 0.4) is 0 Å². The summed E-state index contributed by atoms with van der Waals surface area (Å²) in [5, 5.41) is 31.3. The number of benzene rings is 2. The van der Waals surface area contributed by atoms with Gasteiger partial charge in [-0.1, -0.05) is 58.0 Å². The summed E-state index contributed by atoms with van der Waals surface area (Å²) >= 11 is 30.1. The Morgan fingerprint density at radius 3 is 1.80 bits per heavy atom. The number of hydrogen-bond donors (Lipinski definition) is 1. The van der Waals surface area contributed by atoms with Crippen molar-refractivity contribution in [1.82, 2.24) is 0 Å². The Balaban J connectivity index is 2.71. The Morgan fingerprint density at radius 1 is 0.880 bits per heavy atom. The summed E-state index contributed by atoms with van der Waals surface area (Å²) in [6.45, 7) is 0. The lowest BCUT2D eigenvalue weighted by Gasteiger charge is -2.16. The van der Waals surface area contributed by atoms with Gasteiger partial charge in [0.1, 0.15) is 12.1 Å². The van der Waals surface area contributed by atoms with Crippen LogP contribution >= 0.6 is 58.0 Å². The summed E-state index contributed by atoms with van der Waals surface area (Å²) in [5.74, 6) is 0. The standard InChI is InChI=1S/C14H3Cl5N4O2/c15-8-1-5(23(24)25)2-9(16)14(8)22-13-7(4-21)11(18)10(17)6(3-20)12(13)19/h1-2,22H. The minimum atomic E-state index is -0.665. The molecule has 0 bridgehead atoms. The number of nitrogens with zero attached hydrogens (tertiary/aromatic N) is 3. The highest BCUT2D eigenvalue weighted by molar-refractivity contribution is 6.46. The summed E-state index contributed by atoms with van der Waals surface area (Å²) in [5.41, 5.74) is -0.605. The second kappa shape index (κ2) is 7.53. The van der Waals surface area contributed by atoms with E-state index in [0.29, 0.717) is 0 Å². The van der Waals surface area contributed by atoms with Crippen molar-refractivity contribution in [2.24, 2.45) is 0 Å². The molecular formula is C14H3Cl5N4O2. The number of halogens is 5. The van der Waals surface area contributed by atoms with E-state index in [1.165, 1.54) is 0 Å². The van der Waals surface area contributed by atoms with Crippen molar-refractivity contribution in [3.05, 3.63) is 58.5 Å². The van der Waals surface area contributed by atoms with Crippen molar-refractivity contribution < 1.29 is 4.92 Å². The van der Waals surface area contributed by atoms with Crippen molar-refractivity contribution in [1.29, 1.82) is 10.5 Å². The van der Waals surface area contributed by atoms with Gasteiger partial charge in [0.05, 0.1) is 52.5 Å². The molecular weight excluding hydrogens is 433 g/mol. The molecule has 11 heteroatoms. The van der Waals surface area contributed by atoms with E-state index in [4.69, 9.17) is 63.3 Å². The number of nitrogens with one attached hydrogen (secondary N) is 1. The largest absolute Gasteiger partial charge is 0.351 e. The Kier molecular flexibility index (Phi) is 5.84. The molecule has 0 aromatic heterocycles. The van der Waals surface area contributed by atoms with Gasteiger partial charge < -0.3 is 5.32 Å². The van der Waals surface area contributed by atoms with Crippen LogP contribution in [0.1, 0.15) is 11.1 Å². The van der Waals surface area contributed by atoms with Crippen molar-refractivity contribution in [3.63, 3.8) is 0 Å². The van der Waals surface area contributed by atoms with Gasteiger partial charge in [-0.05, 0) is 0 Å². The lowest BCUT2D eigenvalue weighted by Crippen LogP contribution is -2.01. The zero-order valence-corrected chi connectivity index (χ0v) is 15.5. The zero-order chi connectivity index (χ0) is 18.9. The zero-order valence-electron chi connectivity index (χ0n) is 11.7. The number of rotatable bonds is 3. The van der Waals surface area contributed by atoms with Crippen LogP contribution in [0.2, 0.25) is 25.1 Å². The van der Waals surface area contributed by atoms with Gasteiger partial charge >= 0.3 is 0 Å². The quantitative estimate of drug-likeness (QED) is 0.343. The second-order valence-corrected chi connectivity index (χ2v) is 6.41. The molecule has 0 aliphatic heterocycles. The van der Waals surface area contributed by atoms with Crippen LogP contribution in [0.5, 0.6) is 0 Å². The third-order valence-electron chi connectivity index (χ3n) is 3.03. The summed E-state index contributed by atoms with van der Waals surface area (Å²) in [7, 11) is 0. The molecule has 1 N–H and O–H groups in total. The summed E-state index contributed by atoms with van der Waals surface area (Å²) in [6, 6.07) is 5.74. The molecule has 126 valence electrons. The lowest BCUT2D eigenvalue weighted by molar-refractivity contribution is -0.384. The molecule has 0 radical (unpaired) electrons. The van der Waals surface area contributed by atoms with Crippen LogP contribution in [0.4, 0.5) is 17.1 Å². The van der Waals surface area contributed by atoms with Crippen LogP contribution in [0.25, 0.3) is 0 Å². The number of nitro groups is 1. The third-order valence-corrected chi connectivity index (χ3v) is 4.86. The minimum absolute atomic E-state index is 0.0484. The molecule has 2 aromatic carbocycles. The van der Waals surface area contributed by atoms with E-state index in [1.54, 1.807) is 6.07 Å². The van der Waals surface area contributed by atoms with Crippen molar-refractivity contribution in [3.8, 4) is 12.1 Å². The Labute approximate surface area is 166 Å². The maximum Gasteiger partial charge on any atom is 0.272 e. The van der Waals surface area contributed by atoms with Gasteiger partial charge in [0.15, 0.2) is 0 Å². The maximum absolute atomic E-state index is 10.8. The van der Waals surface area contributed by atoms with Gasteiger partial charge in [-0.15, -0.1) is 0 Å². The van der Waals surface area contributed by atoms with E-state index in [-0.39, 0.29) is 53.3 Å². The van der Waals surface area contributed by atoms with E-state index >= 15 is 0 Å². The van der Waals surface area contributed by atoms with E-state index in [2.05, 4.69) is 5.32 Å². The normalized spacial score (nSPS) is 10.0. The number of nitriles is 2. The molecule has 0 heterocycles. The average Bonchev–Trinajstić information content (AvgIpc) is 2.55. The first-order valence-electron chi connectivity index (χ1n) is 6.14. The molecule has 0 spiro atoms. The van der Waals surface area contributed by atoms with Crippen LogP contribution in [-0.2, 0) is 0 Å². The minimum Gasteiger partial charge on any atom is -0.351 e. The molecule has 0 amide bonds. The molecule has 0 fully saturated rings. The van der Waals surface area contributed by atoms with Crippen LogP contribution in [0.15, 0.2) is 12.1 Å². The first-order chi connectivity index (χ1) is 11.7. The first-order valence-corrected chi connectivity index (χ1v) is 8.03. The van der Waals surface area contributed by atoms with Gasteiger partial charge in [0.2, 0.25) is 0 Å². The highest BCUT2D eigenvalue weighted by Crippen LogP contribution is 2.44. The predicted molar refractivity (Wildman–Crippen MR) is 97.3 cm³/mol. The van der Waals surface area contributed by atoms with E-state index in [9.17, 15) is 15.4 Å². The number of anilines is 2. The lowest BCUT2D eigenvalue weighted by atomic mass is 10.1. The number of non-ortho nitro benzene ring substituents is 1. The highest BCUT2D eigenvalue weighted by Gasteiger charge is 2.23. The van der Waals surface area contributed by atoms with Gasteiger partial charge in [-0.3, -0.25) is 10.1 Å². The van der Waals surface area contributed by atoms with Gasteiger partial charge in [-0.2, -0.15) is 10.5 Å². The number of nitro benzene ring substituents is 1. The fourth-order valence-corrected chi connectivity index (χ4v) is 3.25. The van der Waals surface area contributed by atoms with Gasteiger partial charge in [0.25, 0.3) is 5.69 Å². The molecule has 0 saturated carbocycles. The predicted octanol–water partition coefficient (Wildman–Crippen LogP) is 6.35. The van der Waals surface area contributed by atoms with Gasteiger partial charge in [-0.25, -0.2) is 0 Å². The molecule has 25 heavy (non-hydrogen) atoms. The smallest absolute Gasteiger partial charge is 0.272 e. The highest BCUT2D eigenvalue weighted by atomic mass is 35.5. The summed E-state index contributed by atoms with van der Waals surface area (Å²) < 4.78 is 0. The molecule has 0 aliphatic carbocycles. The van der Waals surface area contributed by atoms with Crippen LogP contribution < -0.4 is 5.32 Å². The molecule has 0 unspecified atom stereocenters. The molecule has 2 rings (SSSR count). The monoisotopic (exact) mass is 434 g/mol. The first kappa shape index (κ1) is 19.4. The average molecular weight is 436 g/mol. The molecule has 6 nitrogen and oxygen atoms in total. The fourth-order valence-electron chi connectivity index (χ4n) is 1.89. The number of hydrogen-bond acceptors (Lipinski definition) is 5. The van der Waals surface area contributed by atoms with Crippen LogP contribution in [-0.4, -0.2) is 4.92 Å². The Morgan fingerprint density at radius 2 is 1.36 bits per heavy atom. The topological polar surface area (TPSA) is 103 Å². The fraction of sp³-hybridized carbons (Fsp3) is 0.